The van der Waals surface area contributed by atoms with Gasteiger partial charge in [0, 0.05) is 19.3 Å². The quantitative estimate of drug-likeness (QED) is 0.0146. The second kappa shape index (κ2) is 94.3. The topological polar surface area (TPSA) is 231 Å². The molecule has 0 aromatic rings. The van der Waals surface area contributed by atoms with Gasteiger partial charge in [-0.05, 0) is 154 Å². The number of hydrogen-bond acceptors (Lipinski definition) is 14. The summed E-state index contributed by atoms with van der Waals surface area (Å²) in [5.41, 5.74) is 0. The van der Waals surface area contributed by atoms with Gasteiger partial charge in [-0.1, -0.05) is 403 Å². The van der Waals surface area contributed by atoms with E-state index in [2.05, 4.69) is 179 Å². The number of esters is 3. The Morgan fingerprint density at radius 2 is 0.438 bits per heavy atom. The van der Waals surface area contributed by atoms with Crippen molar-refractivity contribution in [3.05, 3.63) is 158 Å². The molecule has 0 aromatic carbocycles. The molecule has 0 heterocycles. The number of ether oxygens (including phenoxy) is 3. The van der Waals surface area contributed by atoms with E-state index in [1.165, 1.54) is 199 Å². The van der Waals surface area contributed by atoms with Crippen molar-refractivity contribution in [3.8, 4) is 0 Å². The molecule has 0 bridgehead atoms. The molecule has 0 amide bonds. The second-order valence-corrected chi connectivity index (χ2v) is 35.4. The predicted molar refractivity (Wildman–Crippen MR) is 509 cm³/mol. The molecule has 0 aromatic heterocycles. The fourth-order valence-electron chi connectivity index (χ4n) is 13.3. The molecule has 0 aliphatic rings. The van der Waals surface area contributed by atoms with Gasteiger partial charge in [-0.15, -0.1) is 0 Å². The molecule has 121 heavy (non-hydrogen) atoms. The van der Waals surface area contributed by atoms with Crippen LogP contribution in [-0.4, -0.2) is 95.9 Å². The summed E-state index contributed by atoms with van der Waals surface area (Å²) in [4.78, 5) is 59.1. The lowest BCUT2D eigenvalue weighted by Gasteiger charge is -2.21. The summed E-state index contributed by atoms with van der Waals surface area (Å²) in [6, 6.07) is 0. The third-order valence-corrected chi connectivity index (χ3v) is 22.6. The minimum absolute atomic E-state index is 0.0981. The monoisotopic (exact) mass is 1730 g/mol. The highest BCUT2D eigenvalue weighted by Crippen LogP contribution is 2.45. The largest absolute Gasteiger partial charge is 0.472 e. The van der Waals surface area contributed by atoms with Crippen molar-refractivity contribution in [3.63, 3.8) is 0 Å². The summed E-state index contributed by atoms with van der Waals surface area (Å²) in [5.74, 6) is -1.57. The zero-order valence-corrected chi connectivity index (χ0v) is 78.7. The number of aliphatic hydroxyl groups is 2. The molecule has 16 nitrogen and oxygen atoms in total. The molecule has 5 atom stereocenters. The van der Waals surface area contributed by atoms with Crippen LogP contribution in [0.3, 0.4) is 0 Å². The van der Waals surface area contributed by atoms with E-state index in [4.69, 9.17) is 32.3 Å². The van der Waals surface area contributed by atoms with Crippen molar-refractivity contribution in [2.45, 2.75) is 437 Å². The normalized spacial score (nSPS) is 14.4. The van der Waals surface area contributed by atoms with E-state index in [0.717, 1.165) is 161 Å². The first-order valence-corrected chi connectivity index (χ1v) is 51.8. The SMILES string of the molecule is CC/C=C\C/C=C\C/C=C\C/C=C\C/C=C\CCCCCCCCCCCCCCCC(=O)OCC(O)COP(=O)(O)OCC(O)COP(=O)(O)OCC(COC(=O)CCCCCCCCCCCCCCC/C=C\C/C=C\C/C=C\C/C=C\CCCCC)OC(=O)CCCCCCCCCCCCC/C=C\C/C=C\C/C=C\C/C=C\CCCCC. The molecule has 0 aliphatic heterocycles. The minimum Gasteiger partial charge on any atom is -0.463 e. The lowest BCUT2D eigenvalue weighted by atomic mass is 10.0. The number of allylic oxidation sites excluding steroid dienone is 26. The molecule has 0 rings (SSSR count). The van der Waals surface area contributed by atoms with E-state index in [-0.39, 0.29) is 19.3 Å². The van der Waals surface area contributed by atoms with Crippen LogP contribution in [-0.2, 0) is 55.8 Å². The summed E-state index contributed by atoms with van der Waals surface area (Å²) >= 11 is 0. The van der Waals surface area contributed by atoms with Crippen LogP contribution >= 0.6 is 15.6 Å². The molecular weight excluding hydrogens is 1560 g/mol. The van der Waals surface area contributed by atoms with Crippen LogP contribution < -0.4 is 0 Å². The Balaban J connectivity index is 4.65. The van der Waals surface area contributed by atoms with Crippen molar-refractivity contribution in [2.75, 3.05) is 39.6 Å². The highest BCUT2D eigenvalue weighted by molar-refractivity contribution is 7.47. The smallest absolute Gasteiger partial charge is 0.463 e. The summed E-state index contributed by atoms with van der Waals surface area (Å²) in [5, 5.41) is 20.8. The molecule has 18 heteroatoms. The van der Waals surface area contributed by atoms with Crippen LogP contribution in [0, 0.1) is 0 Å². The Bertz CT molecular complexity index is 2830. The molecular formula is C103H178O16P2. The fourth-order valence-corrected chi connectivity index (χ4v) is 14.9. The molecule has 0 saturated carbocycles. The first kappa shape index (κ1) is 116. The summed E-state index contributed by atoms with van der Waals surface area (Å²) in [6.45, 7) is 2.57. The third kappa shape index (κ3) is 95.7. The van der Waals surface area contributed by atoms with Gasteiger partial charge in [0.2, 0.25) is 0 Å². The summed E-state index contributed by atoms with van der Waals surface area (Å²) in [7, 11) is -9.82. The van der Waals surface area contributed by atoms with Gasteiger partial charge in [0.25, 0.3) is 0 Å². The number of carbonyl (C=O) groups is 3. The number of unbranched alkanes of at least 4 members (excludes halogenated alkanes) is 43. The van der Waals surface area contributed by atoms with Crippen LogP contribution in [0.25, 0.3) is 0 Å². The fraction of sp³-hybridized carbons (Fsp3) is 0.718. The Morgan fingerprint density at radius 1 is 0.240 bits per heavy atom. The number of phosphoric ester groups is 2. The molecule has 0 saturated heterocycles. The van der Waals surface area contributed by atoms with Crippen LogP contribution in [0.2, 0.25) is 0 Å². The first-order chi connectivity index (χ1) is 59.2. The van der Waals surface area contributed by atoms with E-state index < -0.39 is 91.5 Å². The highest BCUT2D eigenvalue weighted by Gasteiger charge is 2.30. The Morgan fingerprint density at radius 3 is 0.694 bits per heavy atom. The first-order valence-electron chi connectivity index (χ1n) is 48.8. The second-order valence-electron chi connectivity index (χ2n) is 32.5. The van der Waals surface area contributed by atoms with Crippen LogP contribution in [0.15, 0.2) is 158 Å². The van der Waals surface area contributed by atoms with Crippen LogP contribution in [0.1, 0.15) is 419 Å². The average Bonchev–Trinajstić information content (AvgIpc) is 0.907. The van der Waals surface area contributed by atoms with E-state index in [0.29, 0.717) is 19.3 Å². The molecule has 0 radical (unpaired) electrons. The van der Waals surface area contributed by atoms with Crippen molar-refractivity contribution in [1.29, 1.82) is 0 Å². The standard InChI is InChI=1S/C103H178O16P2/c1-4-7-10-13-16-19-22-25-28-31-34-37-40-43-46-48-51-53-56-59-62-65-68-71-74-77-80-83-86-89-101(106)113-92-98(104)93-115-120(109,110)116-94-99(105)95-117-121(111,112)118-97-100(119-103(108)91-88-85-82-79-76-73-70-67-64-61-58-55-50-45-42-39-36-33-30-27-24-21-18-15-12-9-6-3)96-114-102(107)90-87-84-81-78-75-72-69-66-63-60-57-54-52-49-47-44-41-38-35-32-29-26-23-20-17-14-11-8-5-2/h7,10,16-21,25-30,34-39,43-47,50,98-100,104-105H,4-6,8-9,11-15,22-24,31-33,40-42,48-49,51-97H2,1-3H3,(H,109,110)(H,111,112)/b10-7-,19-16-,20-17-,21-18-,28-25-,29-26-,30-27-,37-34-,38-35-,39-36-,46-43-,47-44-,50-45-. The number of hydrogen-bond donors (Lipinski definition) is 4. The Kier molecular flexibility index (Phi) is 90.5. The maximum Gasteiger partial charge on any atom is 0.472 e. The lowest BCUT2D eigenvalue weighted by Crippen LogP contribution is -2.30. The van der Waals surface area contributed by atoms with Crippen LogP contribution in [0.4, 0.5) is 0 Å². The Hall–Kier alpha value is -4.83. The van der Waals surface area contributed by atoms with Gasteiger partial charge in [-0.3, -0.25) is 32.5 Å². The maximum atomic E-state index is 13.1. The molecule has 5 unspecified atom stereocenters. The number of carbonyl (C=O) groups excluding carboxylic acids is 3. The Labute approximate surface area is 740 Å². The number of aliphatic hydroxyl groups excluding tert-OH is 2. The van der Waals surface area contributed by atoms with Crippen molar-refractivity contribution in [2.24, 2.45) is 0 Å². The summed E-state index contributed by atoms with van der Waals surface area (Å²) < 4.78 is 61.6. The van der Waals surface area contributed by atoms with E-state index >= 15 is 0 Å². The minimum atomic E-state index is -4.95. The lowest BCUT2D eigenvalue weighted by molar-refractivity contribution is -0.161. The molecule has 0 aliphatic carbocycles. The molecule has 0 fully saturated rings. The van der Waals surface area contributed by atoms with Gasteiger partial charge >= 0.3 is 33.6 Å². The molecule has 4 N–H and O–H groups in total. The van der Waals surface area contributed by atoms with Gasteiger partial charge < -0.3 is 34.2 Å². The maximum absolute atomic E-state index is 13.1. The van der Waals surface area contributed by atoms with E-state index in [1.807, 2.05) is 0 Å². The van der Waals surface area contributed by atoms with Gasteiger partial charge in [-0.2, -0.15) is 0 Å². The van der Waals surface area contributed by atoms with Crippen molar-refractivity contribution < 1.29 is 75.8 Å². The highest BCUT2D eigenvalue weighted by atomic mass is 31.2. The van der Waals surface area contributed by atoms with Gasteiger partial charge in [0.05, 0.1) is 26.4 Å². The van der Waals surface area contributed by atoms with Gasteiger partial charge in [-0.25, -0.2) is 9.13 Å². The summed E-state index contributed by atoms with van der Waals surface area (Å²) in [6.07, 6.45) is 121. The zero-order valence-electron chi connectivity index (χ0n) is 76.9. The van der Waals surface area contributed by atoms with E-state index in [9.17, 15) is 43.5 Å². The predicted octanol–water partition coefficient (Wildman–Crippen LogP) is 30.5. The number of phosphoric acid groups is 2. The zero-order chi connectivity index (χ0) is 87.9. The third-order valence-electron chi connectivity index (χ3n) is 20.7. The van der Waals surface area contributed by atoms with Crippen LogP contribution in [0.5, 0.6) is 0 Å². The molecule has 696 valence electrons. The average molecular weight is 1730 g/mol. The van der Waals surface area contributed by atoms with Gasteiger partial charge in [0.15, 0.2) is 6.10 Å². The van der Waals surface area contributed by atoms with Crippen molar-refractivity contribution in [1.82, 2.24) is 0 Å². The molecule has 0 spiro atoms. The van der Waals surface area contributed by atoms with Gasteiger partial charge in [0.1, 0.15) is 25.4 Å². The van der Waals surface area contributed by atoms with Crippen molar-refractivity contribution >= 4 is 33.6 Å². The van der Waals surface area contributed by atoms with E-state index in [1.54, 1.807) is 0 Å². The number of rotatable bonds is 92.